The maximum absolute atomic E-state index is 12.1. The Morgan fingerprint density at radius 3 is 2.90 bits per heavy atom. The van der Waals surface area contributed by atoms with Gasteiger partial charge in [0.1, 0.15) is 0 Å². The van der Waals surface area contributed by atoms with Gasteiger partial charge in [-0.05, 0) is 31.6 Å². The number of nitrogens with one attached hydrogen (secondary N) is 1. The lowest BCUT2D eigenvalue weighted by Crippen LogP contribution is -2.16. The molecule has 1 aromatic rings. The third-order valence-electron chi connectivity index (χ3n) is 4.12. The molecule has 2 aliphatic carbocycles. The molecule has 2 fully saturated rings. The SMILES string of the molecule is CCOC(=O)Cc1csc(NC(=O)C2C3CCCC32)n1. The molecule has 2 unspecified atom stereocenters. The molecular weight excluding hydrogens is 276 g/mol. The molecule has 0 aromatic carbocycles. The molecule has 20 heavy (non-hydrogen) atoms. The fraction of sp³-hybridized carbons (Fsp3) is 0.643. The van der Waals surface area contributed by atoms with E-state index in [1.165, 1.54) is 30.6 Å². The molecule has 2 saturated carbocycles. The molecule has 1 heterocycles. The summed E-state index contributed by atoms with van der Waals surface area (Å²) in [5.41, 5.74) is 0.653. The molecular formula is C14H18N2O3S. The van der Waals surface area contributed by atoms with Gasteiger partial charge in [-0.1, -0.05) is 6.42 Å². The van der Waals surface area contributed by atoms with E-state index in [1.807, 2.05) is 0 Å². The standard InChI is InChI=1S/C14H18N2O3S/c1-2-19-11(17)6-8-7-20-14(15-8)16-13(18)12-9-4-3-5-10(9)12/h7,9-10,12H,2-6H2,1H3,(H,15,16,18). The second-order valence-corrected chi connectivity index (χ2v) is 6.26. The molecule has 0 bridgehead atoms. The van der Waals surface area contributed by atoms with Gasteiger partial charge in [0.15, 0.2) is 5.13 Å². The van der Waals surface area contributed by atoms with Crippen LogP contribution in [0.3, 0.4) is 0 Å². The third kappa shape index (κ3) is 2.70. The largest absolute Gasteiger partial charge is 0.466 e. The monoisotopic (exact) mass is 294 g/mol. The first-order valence-electron chi connectivity index (χ1n) is 7.10. The Labute approximate surface area is 121 Å². The van der Waals surface area contributed by atoms with E-state index < -0.39 is 0 Å². The van der Waals surface area contributed by atoms with Gasteiger partial charge in [-0.3, -0.25) is 9.59 Å². The summed E-state index contributed by atoms with van der Waals surface area (Å²) in [5.74, 6) is 1.22. The number of esters is 1. The summed E-state index contributed by atoms with van der Waals surface area (Å²) in [6.45, 7) is 2.15. The Morgan fingerprint density at radius 2 is 2.20 bits per heavy atom. The summed E-state index contributed by atoms with van der Waals surface area (Å²) in [6, 6.07) is 0. The number of thiazole rings is 1. The Bertz CT molecular complexity index is 518. The van der Waals surface area contributed by atoms with Crippen molar-refractivity contribution in [2.75, 3.05) is 11.9 Å². The average Bonchev–Trinajstić information content (AvgIpc) is 2.78. The van der Waals surface area contributed by atoms with Gasteiger partial charge >= 0.3 is 5.97 Å². The highest BCUT2D eigenvalue weighted by atomic mass is 32.1. The van der Waals surface area contributed by atoms with Crippen molar-refractivity contribution in [3.8, 4) is 0 Å². The van der Waals surface area contributed by atoms with Crippen molar-refractivity contribution >= 4 is 28.3 Å². The number of fused-ring (bicyclic) bond motifs is 1. The van der Waals surface area contributed by atoms with Gasteiger partial charge in [-0.25, -0.2) is 4.98 Å². The van der Waals surface area contributed by atoms with Crippen LogP contribution in [0.15, 0.2) is 5.38 Å². The number of hydrogen-bond donors (Lipinski definition) is 1. The van der Waals surface area contributed by atoms with Crippen LogP contribution in [-0.4, -0.2) is 23.5 Å². The van der Waals surface area contributed by atoms with E-state index in [2.05, 4.69) is 10.3 Å². The summed E-state index contributed by atoms with van der Waals surface area (Å²) in [7, 11) is 0. The molecule has 0 radical (unpaired) electrons. The molecule has 108 valence electrons. The molecule has 5 nitrogen and oxygen atoms in total. The van der Waals surface area contributed by atoms with E-state index in [1.54, 1.807) is 12.3 Å². The van der Waals surface area contributed by atoms with Crippen molar-refractivity contribution in [3.63, 3.8) is 0 Å². The second kappa shape index (κ2) is 5.52. The quantitative estimate of drug-likeness (QED) is 0.846. The van der Waals surface area contributed by atoms with Crippen LogP contribution >= 0.6 is 11.3 Å². The summed E-state index contributed by atoms with van der Waals surface area (Å²) in [4.78, 5) is 27.7. The van der Waals surface area contributed by atoms with Crippen molar-refractivity contribution < 1.29 is 14.3 Å². The van der Waals surface area contributed by atoms with E-state index in [-0.39, 0.29) is 24.2 Å². The molecule has 1 aromatic heterocycles. The lowest BCUT2D eigenvalue weighted by Gasteiger charge is -2.03. The maximum Gasteiger partial charge on any atom is 0.311 e. The Balaban J connectivity index is 1.52. The van der Waals surface area contributed by atoms with E-state index in [0.717, 1.165) is 0 Å². The Kier molecular flexibility index (Phi) is 3.74. The number of amides is 1. The van der Waals surface area contributed by atoms with Crippen LogP contribution in [0.2, 0.25) is 0 Å². The number of rotatable bonds is 5. The summed E-state index contributed by atoms with van der Waals surface area (Å²) in [5, 5.41) is 5.25. The normalized spacial score (nSPS) is 26.9. The van der Waals surface area contributed by atoms with Crippen molar-refractivity contribution in [1.82, 2.24) is 4.98 Å². The van der Waals surface area contributed by atoms with Crippen molar-refractivity contribution in [3.05, 3.63) is 11.1 Å². The predicted molar refractivity (Wildman–Crippen MR) is 75.4 cm³/mol. The van der Waals surface area contributed by atoms with E-state index in [9.17, 15) is 9.59 Å². The highest BCUT2D eigenvalue weighted by Crippen LogP contribution is 2.57. The highest BCUT2D eigenvalue weighted by molar-refractivity contribution is 7.13. The summed E-state index contributed by atoms with van der Waals surface area (Å²) < 4.78 is 4.87. The zero-order valence-corrected chi connectivity index (χ0v) is 12.2. The van der Waals surface area contributed by atoms with Gasteiger partial charge in [0.25, 0.3) is 0 Å². The van der Waals surface area contributed by atoms with Crippen LogP contribution in [0.1, 0.15) is 31.9 Å². The molecule has 1 N–H and O–H groups in total. The van der Waals surface area contributed by atoms with Gasteiger partial charge in [0, 0.05) is 11.3 Å². The first-order chi connectivity index (χ1) is 9.69. The lowest BCUT2D eigenvalue weighted by atomic mass is 10.1. The van der Waals surface area contributed by atoms with Gasteiger partial charge in [-0.2, -0.15) is 0 Å². The van der Waals surface area contributed by atoms with Crippen molar-refractivity contribution in [2.24, 2.45) is 17.8 Å². The van der Waals surface area contributed by atoms with Crippen LogP contribution in [0.25, 0.3) is 0 Å². The first-order valence-corrected chi connectivity index (χ1v) is 7.98. The fourth-order valence-corrected chi connectivity index (χ4v) is 3.92. The highest BCUT2D eigenvalue weighted by Gasteiger charge is 2.56. The minimum absolute atomic E-state index is 0.0942. The van der Waals surface area contributed by atoms with Gasteiger partial charge in [0.2, 0.25) is 5.91 Å². The molecule has 1 amide bonds. The number of anilines is 1. The number of ether oxygens (including phenoxy) is 1. The zero-order chi connectivity index (χ0) is 14.1. The minimum atomic E-state index is -0.285. The number of hydrogen-bond acceptors (Lipinski definition) is 5. The topological polar surface area (TPSA) is 68.3 Å². The maximum atomic E-state index is 12.1. The predicted octanol–water partition coefficient (Wildman–Crippen LogP) is 2.23. The molecule has 2 aliphatic rings. The Hall–Kier alpha value is -1.43. The van der Waals surface area contributed by atoms with Crippen LogP contribution < -0.4 is 5.32 Å². The summed E-state index contributed by atoms with van der Waals surface area (Å²) >= 11 is 1.36. The lowest BCUT2D eigenvalue weighted by molar-refractivity contribution is -0.142. The zero-order valence-electron chi connectivity index (χ0n) is 11.4. The molecule has 2 atom stereocenters. The van der Waals surface area contributed by atoms with Crippen LogP contribution in [0, 0.1) is 17.8 Å². The number of nitrogens with zero attached hydrogens (tertiary/aromatic N) is 1. The molecule has 0 spiro atoms. The molecule has 0 saturated heterocycles. The third-order valence-corrected chi connectivity index (χ3v) is 4.93. The van der Waals surface area contributed by atoms with E-state index in [4.69, 9.17) is 4.74 Å². The fourth-order valence-electron chi connectivity index (χ4n) is 3.20. The first kappa shape index (κ1) is 13.5. The van der Waals surface area contributed by atoms with Gasteiger partial charge in [0.05, 0.1) is 18.7 Å². The Morgan fingerprint density at radius 1 is 1.45 bits per heavy atom. The number of carbonyl (C=O) groups excluding carboxylic acids is 2. The van der Waals surface area contributed by atoms with Crippen LogP contribution in [0.4, 0.5) is 5.13 Å². The average molecular weight is 294 g/mol. The molecule has 6 heteroatoms. The summed E-state index contributed by atoms with van der Waals surface area (Å²) in [6.07, 6.45) is 3.80. The smallest absolute Gasteiger partial charge is 0.311 e. The van der Waals surface area contributed by atoms with E-state index in [0.29, 0.717) is 29.3 Å². The van der Waals surface area contributed by atoms with Crippen molar-refractivity contribution in [1.29, 1.82) is 0 Å². The van der Waals surface area contributed by atoms with Crippen LogP contribution in [0.5, 0.6) is 0 Å². The number of carbonyl (C=O) groups is 2. The minimum Gasteiger partial charge on any atom is -0.466 e. The van der Waals surface area contributed by atoms with Gasteiger partial charge in [-0.15, -0.1) is 11.3 Å². The van der Waals surface area contributed by atoms with Crippen molar-refractivity contribution in [2.45, 2.75) is 32.6 Å². The second-order valence-electron chi connectivity index (χ2n) is 5.40. The van der Waals surface area contributed by atoms with Gasteiger partial charge < -0.3 is 10.1 Å². The number of aromatic nitrogens is 1. The molecule has 3 rings (SSSR count). The van der Waals surface area contributed by atoms with Crippen LogP contribution in [-0.2, 0) is 20.7 Å². The van der Waals surface area contributed by atoms with E-state index >= 15 is 0 Å². The molecule has 0 aliphatic heterocycles.